The largest absolute Gasteiger partial charge is 0.488 e. The van der Waals surface area contributed by atoms with E-state index in [1.165, 1.54) is 23.9 Å². The molecule has 1 aliphatic rings. The molecular weight excluding hydrogens is 605 g/mol. The Labute approximate surface area is 221 Å². The van der Waals surface area contributed by atoms with Crippen molar-refractivity contribution in [2.45, 2.75) is 32.0 Å². The topological polar surface area (TPSA) is 142 Å². The van der Waals surface area contributed by atoms with Crippen LogP contribution in [0.4, 0.5) is 0 Å². The number of carbonyl (C=O) groups excluding carboxylic acids is 1. The molecule has 0 radical (unpaired) electrons. The van der Waals surface area contributed by atoms with Gasteiger partial charge in [0.05, 0.1) is 32.4 Å². The van der Waals surface area contributed by atoms with Gasteiger partial charge in [0.1, 0.15) is 18.7 Å². The molecule has 12 heteroatoms. The van der Waals surface area contributed by atoms with Gasteiger partial charge in [-0.1, -0.05) is 12.1 Å². The number of ketones is 1. The zero-order chi connectivity index (χ0) is 25.0. The quantitative estimate of drug-likeness (QED) is 0.258. The molecule has 1 aliphatic carbocycles. The second kappa shape index (κ2) is 11.4. The lowest BCUT2D eigenvalue weighted by Crippen LogP contribution is -2.24. The summed E-state index contributed by atoms with van der Waals surface area (Å²) in [6.45, 7) is 0.179. The molecule has 186 valence electrons. The third-order valence-electron chi connectivity index (χ3n) is 5.83. The second-order valence-electron chi connectivity index (χ2n) is 8.40. The fourth-order valence-electron chi connectivity index (χ4n) is 4.15. The molecule has 2 heterocycles. The number of aliphatic hydroxyl groups excluding tert-OH is 1. The Hall–Kier alpha value is -1.97. The number of hydrogen-bond acceptors (Lipinski definition) is 9. The Balaban J connectivity index is 1.41. The Bertz CT molecular complexity index is 1300. The second-order valence-corrected chi connectivity index (χ2v) is 11.7. The first-order valence-corrected chi connectivity index (χ1v) is 14.3. The van der Waals surface area contributed by atoms with Crippen LogP contribution in [-0.2, 0) is 27.5 Å². The molecule has 1 aromatic carbocycles. The molecule has 3 N–H and O–H groups in total. The molecule has 2 aromatic heterocycles. The van der Waals surface area contributed by atoms with Crippen LogP contribution >= 0.6 is 33.9 Å². The number of halogens is 1. The summed E-state index contributed by atoms with van der Waals surface area (Å²) in [5.41, 5.74) is 1.91. The number of thiophene rings is 1. The Morgan fingerprint density at radius 1 is 1.29 bits per heavy atom. The van der Waals surface area contributed by atoms with Gasteiger partial charge in [0.2, 0.25) is 5.78 Å². The van der Waals surface area contributed by atoms with Crippen molar-refractivity contribution in [3.8, 4) is 5.75 Å². The normalized spacial score (nSPS) is 20.1. The molecule has 3 aromatic rings. The SMILES string of the molecule is NS(=O)(=O)OC[C@H]1C[C@@H](Cc2ncncc2C(=O)c2cc(COc3ccccc3I)cs2)C[C@@H]1O. The van der Waals surface area contributed by atoms with E-state index in [4.69, 9.17) is 9.88 Å². The predicted molar refractivity (Wildman–Crippen MR) is 138 cm³/mol. The minimum atomic E-state index is -4.06. The highest BCUT2D eigenvalue weighted by atomic mass is 127. The standard InChI is InChI=1S/C23H24IN3O6S2/c24-18-3-1-2-4-21(18)32-10-15-8-22(34-12-15)23(29)17-9-26-13-27-19(17)6-14-5-16(20(28)7-14)11-33-35(25,30)31/h1-4,8-9,12-14,16,20,28H,5-7,10-11H2,(H2,25,30,31)/t14-,16+,20-/m0/s1. The number of carbonyl (C=O) groups is 1. The third kappa shape index (κ3) is 7.05. The molecular formula is C23H24IN3O6S2. The molecule has 0 amide bonds. The molecule has 0 bridgehead atoms. The summed E-state index contributed by atoms with van der Waals surface area (Å²) >= 11 is 3.56. The number of hydrogen-bond donors (Lipinski definition) is 2. The molecule has 1 fully saturated rings. The van der Waals surface area contributed by atoms with Crippen LogP contribution in [0.1, 0.15) is 39.3 Å². The summed E-state index contributed by atoms with van der Waals surface area (Å²) in [6.07, 6.45) is 3.64. The van der Waals surface area contributed by atoms with Gasteiger partial charge in [-0.25, -0.2) is 15.1 Å². The Morgan fingerprint density at radius 3 is 2.86 bits per heavy atom. The van der Waals surface area contributed by atoms with Crippen molar-refractivity contribution in [2.24, 2.45) is 17.0 Å². The number of nitrogens with two attached hydrogens (primary N) is 1. The van der Waals surface area contributed by atoms with Crippen LogP contribution in [0.3, 0.4) is 0 Å². The highest BCUT2D eigenvalue weighted by Gasteiger charge is 2.35. The van der Waals surface area contributed by atoms with Gasteiger partial charge in [-0.15, -0.1) is 11.3 Å². The number of rotatable bonds is 10. The Kier molecular flexibility index (Phi) is 8.50. The van der Waals surface area contributed by atoms with E-state index < -0.39 is 16.4 Å². The van der Waals surface area contributed by atoms with Crippen molar-refractivity contribution in [2.75, 3.05) is 6.61 Å². The maximum Gasteiger partial charge on any atom is 0.333 e. The summed E-state index contributed by atoms with van der Waals surface area (Å²) in [4.78, 5) is 22.2. The highest BCUT2D eigenvalue weighted by Crippen LogP contribution is 2.34. The van der Waals surface area contributed by atoms with Crippen molar-refractivity contribution in [1.29, 1.82) is 0 Å². The van der Waals surface area contributed by atoms with E-state index >= 15 is 0 Å². The average molecular weight is 629 g/mol. The zero-order valence-electron chi connectivity index (χ0n) is 18.5. The van der Waals surface area contributed by atoms with Crippen molar-refractivity contribution < 1.29 is 27.2 Å². The average Bonchev–Trinajstić information content (AvgIpc) is 3.43. The maximum atomic E-state index is 13.3. The van der Waals surface area contributed by atoms with E-state index in [1.54, 1.807) is 0 Å². The monoisotopic (exact) mass is 629 g/mol. The lowest BCUT2D eigenvalue weighted by Gasteiger charge is -2.13. The van der Waals surface area contributed by atoms with Gasteiger partial charge in [-0.2, -0.15) is 8.42 Å². The summed E-state index contributed by atoms with van der Waals surface area (Å²) in [5.74, 6) is 0.282. The van der Waals surface area contributed by atoms with E-state index in [0.717, 1.165) is 14.9 Å². The van der Waals surface area contributed by atoms with Crippen LogP contribution in [0.5, 0.6) is 5.75 Å². The van der Waals surface area contributed by atoms with Crippen LogP contribution in [0, 0.1) is 15.4 Å². The van der Waals surface area contributed by atoms with Gasteiger partial charge < -0.3 is 9.84 Å². The van der Waals surface area contributed by atoms with Gasteiger partial charge in [-0.3, -0.25) is 8.98 Å². The van der Waals surface area contributed by atoms with Crippen LogP contribution in [0.2, 0.25) is 0 Å². The minimum absolute atomic E-state index is 0.0150. The first kappa shape index (κ1) is 26.1. The lowest BCUT2D eigenvalue weighted by molar-refractivity contribution is 0.100. The molecule has 3 atom stereocenters. The first-order valence-electron chi connectivity index (χ1n) is 10.8. The smallest absolute Gasteiger partial charge is 0.333 e. The van der Waals surface area contributed by atoms with E-state index in [-0.39, 0.29) is 24.2 Å². The van der Waals surface area contributed by atoms with E-state index in [9.17, 15) is 18.3 Å². The van der Waals surface area contributed by atoms with Crippen LogP contribution in [0.15, 0.2) is 48.2 Å². The number of ether oxygens (including phenoxy) is 1. The lowest BCUT2D eigenvalue weighted by atomic mass is 9.96. The first-order chi connectivity index (χ1) is 16.7. The number of aromatic nitrogens is 2. The summed E-state index contributed by atoms with van der Waals surface area (Å²) in [5, 5.41) is 17.1. The number of aliphatic hydroxyl groups is 1. The van der Waals surface area contributed by atoms with Gasteiger partial charge in [-0.05, 0) is 71.4 Å². The van der Waals surface area contributed by atoms with Crippen LogP contribution < -0.4 is 9.88 Å². The molecule has 4 rings (SSSR count). The number of nitrogens with zero attached hydrogens (tertiary/aromatic N) is 2. The summed E-state index contributed by atoms with van der Waals surface area (Å²) in [7, 11) is -4.06. The molecule has 1 saturated carbocycles. The van der Waals surface area contributed by atoms with E-state index in [0.29, 0.717) is 42.0 Å². The maximum absolute atomic E-state index is 13.3. The molecule has 0 aliphatic heterocycles. The zero-order valence-corrected chi connectivity index (χ0v) is 22.3. The number of benzene rings is 1. The molecule has 0 spiro atoms. The third-order valence-corrected chi connectivity index (χ3v) is 8.16. The van der Waals surface area contributed by atoms with Crippen molar-refractivity contribution in [3.05, 3.63) is 73.5 Å². The fourth-order valence-corrected chi connectivity index (χ4v) is 5.91. The number of para-hydroxylation sites is 1. The van der Waals surface area contributed by atoms with Gasteiger partial charge in [0, 0.05) is 17.7 Å². The van der Waals surface area contributed by atoms with Crippen molar-refractivity contribution in [1.82, 2.24) is 9.97 Å². The summed E-state index contributed by atoms with van der Waals surface area (Å²) in [6, 6.07) is 9.54. The fraction of sp³-hybridized carbons (Fsp3) is 0.348. The summed E-state index contributed by atoms with van der Waals surface area (Å²) < 4.78 is 33.7. The van der Waals surface area contributed by atoms with E-state index in [1.807, 2.05) is 35.7 Å². The van der Waals surface area contributed by atoms with E-state index in [2.05, 4.69) is 36.7 Å². The minimum Gasteiger partial charge on any atom is -0.488 e. The van der Waals surface area contributed by atoms with Crippen molar-refractivity contribution in [3.63, 3.8) is 0 Å². The van der Waals surface area contributed by atoms with Crippen molar-refractivity contribution >= 4 is 50.0 Å². The molecule has 35 heavy (non-hydrogen) atoms. The highest BCUT2D eigenvalue weighted by molar-refractivity contribution is 14.1. The Morgan fingerprint density at radius 2 is 2.09 bits per heavy atom. The van der Waals surface area contributed by atoms with Gasteiger partial charge in [0.15, 0.2) is 0 Å². The molecule has 9 nitrogen and oxygen atoms in total. The van der Waals surface area contributed by atoms with Gasteiger partial charge in [0.25, 0.3) is 0 Å². The predicted octanol–water partition coefficient (Wildman–Crippen LogP) is 3.10. The van der Waals surface area contributed by atoms with Gasteiger partial charge >= 0.3 is 10.3 Å². The van der Waals surface area contributed by atoms with Crippen LogP contribution in [-0.4, -0.2) is 42.0 Å². The molecule has 0 saturated heterocycles. The van der Waals surface area contributed by atoms with Crippen LogP contribution in [0.25, 0.3) is 0 Å². The molecule has 0 unspecified atom stereocenters.